The van der Waals surface area contributed by atoms with Crippen LogP contribution in [-0.2, 0) is 6.42 Å². The molecule has 0 radical (unpaired) electrons. The molecule has 0 heterocycles. The van der Waals surface area contributed by atoms with Gasteiger partial charge in [0.1, 0.15) is 5.82 Å². The smallest absolute Gasteiger partial charge is 0.163 e. The Kier molecular flexibility index (Phi) is 4.22. The zero-order valence-corrected chi connectivity index (χ0v) is 10.5. The van der Waals surface area contributed by atoms with Crippen LogP contribution in [0.4, 0.5) is 13.2 Å². The maximum absolute atomic E-state index is 13.7. The van der Waals surface area contributed by atoms with E-state index in [9.17, 15) is 13.2 Å². The molecule has 2 aromatic rings. The van der Waals surface area contributed by atoms with Gasteiger partial charge < -0.3 is 5.32 Å². The predicted molar refractivity (Wildman–Crippen MR) is 68.3 cm³/mol. The van der Waals surface area contributed by atoms with Crippen LogP contribution in [0.1, 0.15) is 17.2 Å². The average molecular weight is 265 g/mol. The van der Waals surface area contributed by atoms with Crippen LogP contribution < -0.4 is 5.32 Å². The topological polar surface area (TPSA) is 12.0 Å². The van der Waals surface area contributed by atoms with Crippen LogP contribution in [0.25, 0.3) is 0 Å². The summed E-state index contributed by atoms with van der Waals surface area (Å²) in [6.45, 7) is 0. The first-order chi connectivity index (χ1) is 9.11. The van der Waals surface area contributed by atoms with Crippen LogP contribution in [0.15, 0.2) is 42.5 Å². The zero-order chi connectivity index (χ0) is 13.8. The standard InChI is InChI=1S/C15H14F3N/c1-19-14(9-10-4-2-5-11(16)8-10)12-6-3-7-13(17)15(12)18/h2-8,14,19H,9H2,1H3. The molecule has 0 aromatic heterocycles. The van der Waals surface area contributed by atoms with Crippen LogP contribution >= 0.6 is 0 Å². The summed E-state index contributed by atoms with van der Waals surface area (Å²) in [5, 5.41) is 2.93. The third-order valence-corrected chi connectivity index (χ3v) is 3.03. The highest BCUT2D eigenvalue weighted by Gasteiger charge is 2.17. The van der Waals surface area contributed by atoms with Gasteiger partial charge in [-0.1, -0.05) is 24.3 Å². The molecule has 100 valence electrons. The molecule has 0 saturated heterocycles. The number of nitrogens with one attached hydrogen (secondary N) is 1. The van der Waals surface area contributed by atoms with Gasteiger partial charge in [0.15, 0.2) is 11.6 Å². The van der Waals surface area contributed by atoms with Gasteiger partial charge in [-0.2, -0.15) is 0 Å². The van der Waals surface area contributed by atoms with E-state index in [2.05, 4.69) is 5.32 Å². The van der Waals surface area contributed by atoms with Crippen molar-refractivity contribution in [3.63, 3.8) is 0 Å². The highest BCUT2D eigenvalue weighted by molar-refractivity contribution is 5.26. The van der Waals surface area contributed by atoms with E-state index in [0.29, 0.717) is 6.42 Å². The molecule has 1 unspecified atom stereocenters. The molecular weight excluding hydrogens is 251 g/mol. The third-order valence-electron chi connectivity index (χ3n) is 3.03. The van der Waals surface area contributed by atoms with Gasteiger partial charge in [-0.15, -0.1) is 0 Å². The number of likely N-dealkylation sites (N-methyl/N-ethyl adjacent to an activating group) is 1. The Hall–Kier alpha value is -1.81. The lowest BCUT2D eigenvalue weighted by Crippen LogP contribution is -2.20. The van der Waals surface area contributed by atoms with E-state index in [1.807, 2.05) is 0 Å². The minimum Gasteiger partial charge on any atom is -0.313 e. The van der Waals surface area contributed by atoms with Gasteiger partial charge in [-0.25, -0.2) is 13.2 Å². The van der Waals surface area contributed by atoms with Crippen molar-refractivity contribution in [3.8, 4) is 0 Å². The highest BCUT2D eigenvalue weighted by atomic mass is 19.2. The largest absolute Gasteiger partial charge is 0.313 e. The van der Waals surface area contributed by atoms with Crippen molar-refractivity contribution < 1.29 is 13.2 Å². The van der Waals surface area contributed by atoms with Crippen molar-refractivity contribution in [3.05, 3.63) is 71.0 Å². The normalized spacial score (nSPS) is 12.4. The Labute approximate surface area is 110 Å². The fourth-order valence-electron chi connectivity index (χ4n) is 2.06. The predicted octanol–water partition coefficient (Wildman–Crippen LogP) is 3.61. The maximum Gasteiger partial charge on any atom is 0.163 e. The first-order valence-corrected chi connectivity index (χ1v) is 5.97. The van der Waals surface area contributed by atoms with Crippen LogP contribution in [0.3, 0.4) is 0 Å². The van der Waals surface area contributed by atoms with Gasteiger partial charge in [0.05, 0.1) is 0 Å². The monoisotopic (exact) mass is 265 g/mol. The van der Waals surface area contributed by atoms with Crippen molar-refractivity contribution in [2.45, 2.75) is 12.5 Å². The van der Waals surface area contributed by atoms with Gasteiger partial charge in [0.25, 0.3) is 0 Å². The van der Waals surface area contributed by atoms with Gasteiger partial charge in [-0.05, 0) is 37.2 Å². The molecule has 4 heteroatoms. The summed E-state index contributed by atoms with van der Waals surface area (Å²) in [5.41, 5.74) is 0.967. The number of halogens is 3. The van der Waals surface area contributed by atoms with Gasteiger partial charge in [0, 0.05) is 11.6 Å². The van der Waals surface area contributed by atoms with Crippen molar-refractivity contribution in [2.75, 3.05) is 7.05 Å². The second-order valence-corrected chi connectivity index (χ2v) is 4.32. The Morgan fingerprint density at radius 3 is 2.47 bits per heavy atom. The summed E-state index contributed by atoms with van der Waals surface area (Å²) in [7, 11) is 1.66. The summed E-state index contributed by atoms with van der Waals surface area (Å²) in [4.78, 5) is 0. The molecule has 0 aliphatic rings. The van der Waals surface area contributed by atoms with Crippen LogP contribution in [-0.4, -0.2) is 7.05 Å². The fraction of sp³-hybridized carbons (Fsp3) is 0.200. The quantitative estimate of drug-likeness (QED) is 0.890. The summed E-state index contributed by atoms with van der Waals surface area (Å²) in [5.74, 6) is -2.08. The lowest BCUT2D eigenvalue weighted by atomic mass is 9.98. The van der Waals surface area contributed by atoms with Crippen molar-refractivity contribution in [1.29, 1.82) is 0 Å². The summed E-state index contributed by atoms with van der Waals surface area (Å²) in [6.07, 6.45) is 0.384. The third kappa shape index (κ3) is 3.15. The highest BCUT2D eigenvalue weighted by Crippen LogP contribution is 2.22. The molecule has 1 atom stereocenters. The number of hydrogen-bond donors (Lipinski definition) is 1. The average Bonchev–Trinajstić information content (AvgIpc) is 2.40. The van der Waals surface area contributed by atoms with Crippen LogP contribution in [0.5, 0.6) is 0 Å². The molecule has 2 rings (SSSR count). The Bertz CT molecular complexity index is 569. The Balaban J connectivity index is 2.28. The molecule has 0 spiro atoms. The maximum atomic E-state index is 13.7. The first-order valence-electron chi connectivity index (χ1n) is 5.97. The molecule has 1 N–H and O–H groups in total. The minimum absolute atomic E-state index is 0.242. The molecule has 0 fully saturated rings. The number of hydrogen-bond acceptors (Lipinski definition) is 1. The Morgan fingerprint density at radius 1 is 1.05 bits per heavy atom. The van der Waals surface area contributed by atoms with Crippen molar-refractivity contribution in [2.24, 2.45) is 0 Å². The molecule has 2 aromatic carbocycles. The van der Waals surface area contributed by atoms with E-state index in [1.54, 1.807) is 19.2 Å². The lowest BCUT2D eigenvalue weighted by molar-refractivity contribution is 0.473. The molecule has 0 aliphatic heterocycles. The van der Waals surface area contributed by atoms with E-state index in [-0.39, 0.29) is 11.4 Å². The fourth-order valence-corrected chi connectivity index (χ4v) is 2.06. The van der Waals surface area contributed by atoms with Crippen LogP contribution in [0, 0.1) is 17.5 Å². The summed E-state index contributed by atoms with van der Waals surface area (Å²) < 4.78 is 40.1. The minimum atomic E-state index is -0.878. The number of benzene rings is 2. The molecule has 0 saturated carbocycles. The van der Waals surface area contributed by atoms with Gasteiger partial charge in [0.2, 0.25) is 0 Å². The van der Waals surface area contributed by atoms with E-state index in [1.165, 1.54) is 24.3 Å². The SMILES string of the molecule is CNC(Cc1cccc(F)c1)c1cccc(F)c1F. The number of rotatable bonds is 4. The molecule has 0 aliphatic carbocycles. The summed E-state index contributed by atoms with van der Waals surface area (Å²) >= 11 is 0. The second-order valence-electron chi connectivity index (χ2n) is 4.32. The molecule has 1 nitrogen and oxygen atoms in total. The van der Waals surface area contributed by atoms with E-state index < -0.39 is 17.7 Å². The van der Waals surface area contributed by atoms with E-state index in [0.717, 1.165) is 11.6 Å². The van der Waals surface area contributed by atoms with Gasteiger partial charge >= 0.3 is 0 Å². The summed E-state index contributed by atoms with van der Waals surface area (Å²) in [6, 6.07) is 9.75. The van der Waals surface area contributed by atoms with Crippen molar-refractivity contribution >= 4 is 0 Å². The molecular formula is C15H14F3N. The Morgan fingerprint density at radius 2 is 1.79 bits per heavy atom. The first kappa shape index (κ1) is 13.6. The lowest BCUT2D eigenvalue weighted by Gasteiger charge is -2.17. The second kappa shape index (κ2) is 5.89. The van der Waals surface area contributed by atoms with Crippen LogP contribution in [0.2, 0.25) is 0 Å². The van der Waals surface area contributed by atoms with E-state index >= 15 is 0 Å². The molecule has 0 amide bonds. The van der Waals surface area contributed by atoms with Gasteiger partial charge in [-0.3, -0.25) is 0 Å². The molecule has 0 bridgehead atoms. The van der Waals surface area contributed by atoms with Crippen molar-refractivity contribution in [1.82, 2.24) is 5.32 Å². The zero-order valence-electron chi connectivity index (χ0n) is 10.5. The van der Waals surface area contributed by atoms with E-state index in [4.69, 9.17) is 0 Å². The molecule has 19 heavy (non-hydrogen) atoms.